The third kappa shape index (κ3) is 3.35. The van der Waals surface area contributed by atoms with Gasteiger partial charge >= 0.3 is 0 Å². The molecule has 99 valence electrons. The van der Waals surface area contributed by atoms with E-state index in [0.29, 0.717) is 5.92 Å². The highest BCUT2D eigenvalue weighted by Crippen LogP contribution is 2.29. The molecule has 0 spiro atoms. The molecule has 18 heavy (non-hydrogen) atoms. The number of benzene rings is 1. The van der Waals surface area contributed by atoms with Gasteiger partial charge in [-0.05, 0) is 48.8 Å². The van der Waals surface area contributed by atoms with E-state index < -0.39 is 0 Å². The predicted molar refractivity (Wildman–Crippen MR) is 76.9 cm³/mol. The lowest BCUT2D eigenvalue weighted by atomic mass is 9.84. The Morgan fingerprint density at radius 3 is 2.94 bits per heavy atom. The number of aryl methyl sites for hydroxylation is 1. The summed E-state index contributed by atoms with van der Waals surface area (Å²) in [6, 6.07) is 6.81. The summed E-state index contributed by atoms with van der Waals surface area (Å²) in [7, 11) is 0. The highest BCUT2D eigenvalue weighted by Gasteiger charge is 2.16. The predicted octanol–water partition coefficient (Wildman–Crippen LogP) is 4.30. The third-order valence-corrected chi connectivity index (χ3v) is 3.87. The maximum Gasteiger partial charge on any atom is 0.0532 e. The average molecular weight is 245 g/mol. The van der Waals surface area contributed by atoms with Gasteiger partial charge in [-0.3, -0.25) is 0 Å². The Kier molecular flexibility index (Phi) is 5.25. The molecule has 0 aromatic heterocycles. The van der Waals surface area contributed by atoms with Crippen LogP contribution in [-0.2, 0) is 17.6 Å². The molecule has 0 aliphatic heterocycles. The van der Waals surface area contributed by atoms with Gasteiger partial charge in [0, 0.05) is 12.5 Å². The van der Waals surface area contributed by atoms with Gasteiger partial charge in [-0.15, -0.1) is 0 Å². The minimum absolute atomic E-state index is 0.517. The first kappa shape index (κ1) is 13.6. The van der Waals surface area contributed by atoms with E-state index in [9.17, 15) is 0 Å². The van der Waals surface area contributed by atoms with Crippen molar-refractivity contribution in [1.29, 1.82) is 0 Å². The monoisotopic (exact) mass is 245 g/mol. The number of hydrogen-bond donors (Lipinski definition) is 0. The van der Waals surface area contributed by atoms with Gasteiger partial charge < -0.3 is 4.74 Å². The number of fused-ring (bicyclic) bond motifs is 1. The molecular formula is C17H25O. The first-order valence-corrected chi connectivity index (χ1v) is 7.30. The van der Waals surface area contributed by atoms with Crippen molar-refractivity contribution >= 4 is 0 Å². The van der Waals surface area contributed by atoms with Crippen LogP contribution in [0.1, 0.15) is 55.2 Å². The van der Waals surface area contributed by atoms with Gasteiger partial charge in [0.05, 0.1) is 6.61 Å². The quantitative estimate of drug-likeness (QED) is 0.679. The van der Waals surface area contributed by atoms with Crippen molar-refractivity contribution in [1.82, 2.24) is 0 Å². The Hall–Kier alpha value is -0.820. The van der Waals surface area contributed by atoms with Crippen LogP contribution in [0.2, 0.25) is 0 Å². The summed E-state index contributed by atoms with van der Waals surface area (Å²) < 4.78 is 5.74. The van der Waals surface area contributed by atoms with E-state index in [-0.39, 0.29) is 0 Å². The molecule has 2 rings (SSSR count). The zero-order chi connectivity index (χ0) is 12.8. The number of rotatable bonds is 6. The molecule has 0 saturated carbocycles. The molecule has 0 bridgehead atoms. The largest absolute Gasteiger partial charge is 0.381 e. The maximum atomic E-state index is 5.74. The molecule has 0 saturated heterocycles. The van der Waals surface area contributed by atoms with Crippen molar-refractivity contribution in [3.05, 3.63) is 41.8 Å². The molecule has 0 amide bonds. The summed E-state index contributed by atoms with van der Waals surface area (Å²) in [5, 5.41) is 0. The lowest BCUT2D eigenvalue weighted by molar-refractivity contribution is 0.121. The van der Waals surface area contributed by atoms with Crippen molar-refractivity contribution in [2.24, 2.45) is 0 Å². The second-order valence-corrected chi connectivity index (χ2v) is 5.38. The van der Waals surface area contributed by atoms with Gasteiger partial charge in [0.25, 0.3) is 0 Å². The molecule has 1 radical (unpaired) electrons. The molecule has 1 unspecified atom stereocenters. The van der Waals surface area contributed by atoms with Gasteiger partial charge in [-0.25, -0.2) is 0 Å². The standard InChI is InChI=1S/C17H25O/c1-3-4-12-18-13-14(2)16-11-7-9-15-8-5-6-10-17(15)16/h7,9,11,14H,1,3-6,8,10,12-13H2,2H3. The van der Waals surface area contributed by atoms with Crippen LogP contribution < -0.4 is 0 Å². The molecule has 0 fully saturated rings. The Bertz CT molecular complexity index is 370. The van der Waals surface area contributed by atoms with Crippen molar-refractivity contribution in [3.8, 4) is 0 Å². The van der Waals surface area contributed by atoms with E-state index in [1.807, 2.05) is 0 Å². The first-order chi connectivity index (χ1) is 8.83. The zero-order valence-corrected chi connectivity index (χ0v) is 11.6. The van der Waals surface area contributed by atoms with Crippen LogP contribution in [0.4, 0.5) is 0 Å². The molecule has 1 aliphatic carbocycles. The number of hydrogen-bond acceptors (Lipinski definition) is 1. The van der Waals surface area contributed by atoms with Gasteiger partial charge in [0.1, 0.15) is 0 Å². The summed E-state index contributed by atoms with van der Waals surface area (Å²) in [6.45, 7) is 7.82. The van der Waals surface area contributed by atoms with Gasteiger partial charge in [0.15, 0.2) is 0 Å². The summed E-state index contributed by atoms with van der Waals surface area (Å²) >= 11 is 0. The van der Waals surface area contributed by atoms with Crippen molar-refractivity contribution in [2.45, 2.75) is 51.4 Å². The van der Waals surface area contributed by atoms with E-state index >= 15 is 0 Å². The molecule has 0 N–H and O–H groups in total. The summed E-state index contributed by atoms with van der Waals surface area (Å²) in [6.07, 6.45) is 7.26. The fourth-order valence-corrected chi connectivity index (χ4v) is 2.83. The number of ether oxygens (including phenoxy) is 1. The molecule has 1 nitrogen and oxygen atoms in total. The Labute approximate surface area is 112 Å². The van der Waals surface area contributed by atoms with E-state index in [0.717, 1.165) is 26.1 Å². The van der Waals surface area contributed by atoms with Crippen molar-refractivity contribution in [2.75, 3.05) is 13.2 Å². The van der Waals surface area contributed by atoms with Crippen LogP contribution in [0, 0.1) is 6.92 Å². The second kappa shape index (κ2) is 6.94. The van der Waals surface area contributed by atoms with Crippen LogP contribution in [0.25, 0.3) is 0 Å². The summed E-state index contributed by atoms with van der Waals surface area (Å²) in [4.78, 5) is 0. The van der Waals surface area contributed by atoms with Crippen molar-refractivity contribution in [3.63, 3.8) is 0 Å². The highest BCUT2D eigenvalue weighted by molar-refractivity contribution is 5.38. The minimum Gasteiger partial charge on any atom is -0.381 e. The molecule has 1 aromatic rings. The van der Waals surface area contributed by atoms with Crippen LogP contribution in [0.15, 0.2) is 18.2 Å². The lowest BCUT2D eigenvalue weighted by Gasteiger charge is -2.23. The minimum atomic E-state index is 0.517. The topological polar surface area (TPSA) is 9.23 Å². The fraction of sp³-hybridized carbons (Fsp3) is 0.588. The van der Waals surface area contributed by atoms with E-state index in [1.165, 1.54) is 31.2 Å². The molecular weight excluding hydrogens is 220 g/mol. The molecule has 1 aliphatic rings. The molecule has 1 heteroatoms. The van der Waals surface area contributed by atoms with E-state index in [1.54, 1.807) is 11.1 Å². The maximum absolute atomic E-state index is 5.74. The van der Waals surface area contributed by atoms with Crippen LogP contribution in [0.5, 0.6) is 0 Å². The van der Waals surface area contributed by atoms with E-state index in [2.05, 4.69) is 32.0 Å². The Morgan fingerprint density at radius 1 is 1.28 bits per heavy atom. The first-order valence-electron chi connectivity index (χ1n) is 7.30. The van der Waals surface area contributed by atoms with Crippen molar-refractivity contribution < 1.29 is 4.74 Å². The lowest BCUT2D eigenvalue weighted by Crippen LogP contribution is -2.12. The normalized spacial score (nSPS) is 16.3. The fourth-order valence-electron chi connectivity index (χ4n) is 2.83. The van der Waals surface area contributed by atoms with Gasteiger partial charge in [-0.2, -0.15) is 0 Å². The summed E-state index contributed by atoms with van der Waals surface area (Å²) in [5.41, 5.74) is 4.70. The third-order valence-electron chi connectivity index (χ3n) is 3.87. The zero-order valence-electron chi connectivity index (χ0n) is 11.6. The Balaban J connectivity index is 1.99. The Morgan fingerprint density at radius 2 is 2.11 bits per heavy atom. The van der Waals surface area contributed by atoms with Gasteiger partial charge in [0.2, 0.25) is 0 Å². The van der Waals surface area contributed by atoms with Crippen LogP contribution in [0.3, 0.4) is 0 Å². The molecule has 1 aromatic carbocycles. The SMILES string of the molecule is [CH2]CCCOCC(C)c1cccc2c1CCCC2. The second-order valence-electron chi connectivity index (χ2n) is 5.38. The van der Waals surface area contributed by atoms with Crippen LogP contribution >= 0.6 is 0 Å². The molecule has 1 atom stereocenters. The average Bonchev–Trinajstić information content (AvgIpc) is 2.43. The van der Waals surface area contributed by atoms with Gasteiger partial charge in [-0.1, -0.05) is 38.5 Å². The smallest absolute Gasteiger partial charge is 0.0532 e. The highest BCUT2D eigenvalue weighted by atomic mass is 16.5. The summed E-state index contributed by atoms with van der Waals surface area (Å²) in [5.74, 6) is 0.517. The molecule has 0 heterocycles. The van der Waals surface area contributed by atoms with E-state index in [4.69, 9.17) is 4.74 Å². The number of unbranched alkanes of at least 4 members (excludes halogenated alkanes) is 1. The van der Waals surface area contributed by atoms with Crippen LogP contribution in [-0.4, -0.2) is 13.2 Å².